The Kier molecular flexibility index (Phi) is 2.93. The van der Waals surface area contributed by atoms with Crippen molar-refractivity contribution in [1.29, 1.82) is 0 Å². The molecule has 0 radical (unpaired) electrons. The fraction of sp³-hybridized carbons (Fsp3) is 0.600. The van der Waals surface area contributed by atoms with Gasteiger partial charge in [0.2, 0.25) is 0 Å². The second-order valence-corrected chi connectivity index (χ2v) is 5.68. The maximum absolute atomic E-state index is 10.6. The zero-order valence-electron chi connectivity index (χ0n) is 10.3. The van der Waals surface area contributed by atoms with Crippen LogP contribution < -0.4 is 0 Å². The average Bonchev–Trinajstić information content (AvgIpc) is 2.59. The number of hydrogen-bond donors (Lipinski definition) is 1. The summed E-state index contributed by atoms with van der Waals surface area (Å²) in [7, 11) is 0. The quantitative estimate of drug-likeness (QED) is 0.863. The van der Waals surface area contributed by atoms with E-state index in [0.717, 1.165) is 26.1 Å². The molecule has 92 valence electrons. The number of aliphatic hydroxyl groups is 1. The number of hydrogen-bond acceptors (Lipinski definition) is 2. The summed E-state index contributed by atoms with van der Waals surface area (Å²) in [6.45, 7) is 2.89. The van der Waals surface area contributed by atoms with Crippen LogP contribution in [0.25, 0.3) is 0 Å². The van der Waals surface area contributed by atoms with Crippen molar-refractivity contribution in [3.63, 3.8) is 0 Å². The first-order chi connectivity index (χ1) is 8.26. The number of likely N-dealkylation sites (tertiary alicyclic amines) is 1. The minimum absolute atomic E-state index is 0.382. The minimum atomic E-state index is -0.382. The Morgan fingerprint density at radius 3 is 2.65 bits per heavy atom. The maximum Gasteiger partial charge on any atom is 0.0814 e. The normalized spacial score (nSPS) is 30.4. The van der Waals surface area contributed by atoms with Gasteiger partial charge in [0, 0.05) is 19.6 Å². The standard InChI is InChI=1S/C15H21NO/c17-15(14-7-4-8-14)9-10-16(12-15)11-13-5-2-1-3-6-13/h1-3,5-6,14,17H,4,7-12H2. The summed E-state index contributed by atoms with van der Waals surface area (Å²) < 4.78 is 0. The largest absolute Gasteiger partial charge is 0.388 e. The lowest BCUT2D eigenvalue weighted by atomic mass is 9.72. The molecule has 1 saturated carbocycles. The number of β-amino-alcohol motifs (C(OH)–C–C–N with tert-alkyl or cyclic N) is 1. The second-order valence-electron chi connectivity index (χ2n) is 5.68. The van der Waals surface area contributed by atoms with Gasteiger partial charge >= 0.3 is 0 Å². The fourth-order valence-electron chi connectivity index (χ4n) is 3.15. The Bertz CT molecular complexity index is 374. The summed E-state index contributed by atoms with van der Waals surface area (Å²) in [5.41, 5.74) is 0.970. The molecule has 1 atom stereocenters. The first-order valence-electron chi connectivity index (χ1n) is 6.75. The third-order valence-corrected chi connectivity index (χ3v) is 4.47. The molecule has 17 heavy (non-hydrogen) atoms. The molecule has 1 aromatic carbocycles. The zero-order valence-corrected chi connectivity index (χ0v) is 10.3. The van der Waals surface area contributed by atoms with E-state index in [9.17, 15) is 5.11 Å². The van der Waals surface area contributed by atoms with Crippen LogP contribution in [0.1, 0.15) is 31.2 Å². The van der Waals surface area contributed by atoms with E-state index < -0.39 is 0 Å². The highest BCUT2D eigenvalue weighted by Gasteiger charge is 2.44. The van der Waals surface area contributed by atoms with Crippen molar-refractivity contribution in [2.75, 3.05) is 13.1 Å². The number of benzene rings is 1. The average molecular weight is 231 g/mol. The van der Waals surface area contributed by atoms with E-state index in [1.165, 1.54) is 24.8 Å². The van der Waals surface area contributed by atoms with Crippen molar-refractivity contribution in [3.8, 4) is 0 Å². The predicted molar refractivity (Wildman–Crippen MR) is 68.6 cm³/mol. The molecule has 1 heterocycles. The lowest BCUT2D eigenvalue weighted by Crippen LogP contribution is -2.43. The Morgan fingerprint density at radius 2 is 2.00 bits per heavy atom. The van der Waals surface area contributed by atoms with Gasteiger partial charge in [0.05, 0.1) is 5.60 Å². The monoisotopic (exact) mass is 231 g/mol. The lowest BCUT2D eigenvalue weighted by molar-refractivity contribution is -0.0412. The minimum Gasteiger partial charge on any atom is -0.388 e. The van der Waals surface area contributed by atoms with Crippen LogP contribution in [-0.4, -0.2) is 28.7 Å². The van der Waals surface area contributed by atoms with Crippen molar-refractivity contribution in [2.24, 2.45) is 5.92 Å². The molecule has 2 heteroatoms. The van der Waals surface area contributed by atoms with Crippen LogP contribution in [-0.2, 0) is 6.54 Å². The van der Waals surface area contributed by atoms with Gasteiger partial charge in [-0.3, -0.25) is 4.90 Å². The maximum atomic E-state index is 10.6. The van der Waals surface area contributed by atoms with E-state index in [0.29, 0.717) is 5.92 Å². The molecule has 1 unspecified atom stereocenters. The van der Waals surface area contributed by atoms with E-state index >= 15 is 0 Å². The highest BCUT2D eigenvalue weighted by Crippen LogP contribution is 2.41. The van der Waals surface area contributed by atoms with Crippen molar-refractivity contribution >= 4 is 0 Å². The summed E-state index contributed by atoms with van der Waals surface area (Å²) in [5, 5.41) is 10.6. The summed E-state index contributed by atoms with van der Waals surface area (Å²) in [4.78, 5) is 2.40. The first-order valence-corrected chi connectivity index (χ1v) is 6.75. The van der Waals surface area contributed by atoms with E-state index in [1.54, 1.807) is 0 Å². The van der Waals surface area contributed by atoms with E-state index in [4.69, 9.17) is 0 Å². The van der Waals surface area contributed by atoms with Gasteiger partial charge < -0.3 is 5.11 Å². The summed E-state index contributed by atoms with van der Waals surface area (Å²) in [5.74, 6) is 0.572. The molecular weight excluding hydrogens is 210 g/mol. The van der Waals surface area contributed by atoms with Crippen molar-refractivity contribution in [3.05, 3.63) is 35.9 Å². The van der Waals surface area contributed by atoms with Crippen molar-refractivity contribution < 1.29 is 5.11 Å². The molecule has 1 aromatic rings. The molecule has 1 aliphatic heterocycles. The Hall–Kier alpha value is -0.860. The molecule has 1 N–H and O–H groups in total. The van der Waals surface area contributed by atoms with Gasteiger partial charge in [-0.05, 0) is 30.7 Å². The van der Waals surface area contributed by atoms with E-state index in [2.05, 4.69) is 35.2 Å². The summed E-state index contributed by atoms with van der Waals surface area (Å²) >= 11 is 0. The van der Waals surface area contributed by atoms with Crippen molar-refractivity contribution in [1.82, 2.24) is 4.90 Å². The van der Waals surface area contributed by atoms with Crippen LogP contribution >= 0.6 is 0 Å². The molecule has 0 spiro atoms. The topological polar surface area (TPSA) is 23.5 Å². The molecular formula is C15H21NO. The van der Waals surface area contributed by atoms with Gasteiger partial charge in [0.15, 0.2) is 0 Å². The second kappa shape index (κ2) is 4.43. The Morgan fingerprint density at radius 1 is 1.24 bits per heavy atom. The molecule has 1 aliphatic carbocycles. The van der Waals surface area contributed by atoms with E-state index in [1.807, 2.05) is 0 Å². The Balaban J connectivity index is 1.60. The molecule has 0 bridgehead atoms. The molecule has 0 aromatic heterocycles. The van der Waals surface area contributed by atoms with Gasteiger partial charge in [-0.1, -0.05) is 36.8 Å². The fourth-order valence-corrected chi connectivity index (χ4v) is 3.15. The lowest BCUT2D eigenvalue weighted by Gasteiger charge is -2.38. The number of nitrogens with zero attached hydrogens (tertiary/aromatic N) is 1. The molecule has 3 rings (SSSR count). The Labute approximate surface area is 103 Å². The van der Waals surface area contributed by atoms with Crippen LogP contribution in [0.15, 0.2) is 30.3 Å². The molecule has 2 aliphatic rings. The molecule has 0 amide bonds. The zero-order chi connectivity index (χ0) is 11.7. The van der Waals surface area contributed by atoms with Gasteiger partial charge in [0.25, 0.3) is 0 Å². The predicted octanol–water partition coefficient (Wildman–Crippen LogP) is 2.42. The highest BCUT2D eigenvalue weighted by atomic mass is 16.3. The van der Waals surface area contributed by atoms with Crippen LogP contribution in [0.5, 0.6) is 0 Å². The molecule has 1 saturated heterocycles. The van der Waals surface area contributed by atoms with Crippen LogP contribution in [0.2, 0.25) is 0 Å². The molecule has 2 nitrogen and oxygen atoms in total. The summed E-state index contributed by atoms with van der Waals surface area (Å²) in [6.07, 6.45) is 4.74. The van der Waals surface area contributed by atoms with Gasteiger partial charge in [0.1, 0.15) is 0 Å². The third-order valence-electron chi connectivity index (χ3n) is 4.47. The molecule has 2 fully saturated rings. The van der Waals surface area contributed by atoms with Crippen LogP contribution in [0, 0.1) is 5.92 Å². The van der Waals surface area contributed by atoms with Crippen LogP contribution in [0.4, 0.5) is 0 Å². The van der Waals surface area contributed by atoms with Gasteiger partial charge in [-0.2, -0.15) is 0 Å². The third kappa shape index (κ3) is 2.24. The van der Waals surface area contributed by atoms with Gasteiger partial charge in [-0.15, -0.1) is 0 Å². The number of rotatable bonds is 3. The highest BCUT2D eigenvalue weighted by molar-refractivity contribution is 5.15. The van der Waals surface area contributed by atoms with Gasteiger partial charge in [-0.25, -0.2) is 0 Å². The van der Waals surface area contributed by atoms with Crippen LogP contribution in [0.3, 0.4) is 0 Å². The smallest absolute Gasteiger partial charge is 0.0814 e. The summed E-state index contributed by atoms with van der Waals surface area (Å²) in [6, 6.07) is 10.6. The first kappa shape index (κ1) is 11.2. The SMILES string of the molecule is OC1(C2CCC2)CCN(Cc2ccccc2)C1. The van der Waals surface area contributed by atoms with Crippen molar-refractivity contribution in [2.45, 2.75) is 37.8 Å². The van der Waals surface area contributed by atoms with E-state index in [-0.39, 0.29) is 5.60 Å².